The minimum absolute atomic E-state index is 0.0640. The van der Waals surface area contributed by atoms with Crippen molar-refractivity contribution >= 4 is 19.5 Å². The first kappa shape index (κ1) is 75.4. The summed E-state index contributed by atoms with van der Waals surface area (Å²) in [5, 5.41) is 14.6. The molecular weight excluding hydrogens is 1090 g/mol. The summed E-state index contributed by atoms with van der Waals surface area (Å²) in [5.74, 6) is 1.86. The highest BCUT2D eigenvalue weighted by Crippen LogP contribution is 2.48. The number of rotatable bonds is 62. The minimum atomic E-state index is -4.02. The molecule has 1 unspecified atom stereocenters. The summed E-state index contributed by atoms with van der Waals surface area (Å²) < 4.78 is 92.5. The lowest BCUT2D eigenvalue weighted by molar-refractivity contribution is -0.385. The fraction of sp³-hybridized carbons (Fsp3) is 0.794. The number of unbranched alkanes of at least 4 members (excludes halogenated alkanes) is 18. The molecule has 0 heterocycles. The van der Waals surface area contributed by atoms with Crippen molar-refractivity contribution in [2.45, 2.75) is 201 Å². The topological polar surface area (TPSA) is 200 Å². The van der Waals surface area contributed by atoms with E-state index in [0.717, 1.165) is 68.4 Å². The van der Waals surface area contributed by atoms with Crippen molar-refractivity contribution in [1.29, 1.82) is 0 Å². The summed E-state index contributed by atoms with van der Waals surface area (Å²) >= 11 is 0. The molecule has 0 spiro atoms. The van der Waals surface area contributed by atoms with Crippen molar-refractivity contribution in [3.63, 3.8) is 0 Å². The van der Waals surface area contributed by atoms with E-state index in [1.165, 1.54) is 115 Å². The van der Waals surface area contributed by atoms with Crippen LogP contribution in [-0.2, 0) is 60.2 Å². The van der Waals surface area contributed by atoms with Gasteiger partial charge in [-0.3, -0.25) is 14.7 Å². The molecule has 480 valence electrons. The molecule has 1 N–H and O–H groups in total. The Kier molecular flexibility index (Phi) is 50.0. The van der Waals surface area contributed by atoms with Gasteiger partial charge in [0.1, 0.15) is 30.5 Å². The van der Waals surface area contributed by atoms with Crippen LogP contribution in [0, 0.1) is 10.1 Å². The number of benzene rings is 2. The fourth-order valence-electron chi connectivity index (χ4n) is 8.69. The minimum Gasteiger partial charge on any atom is -0.493 e. The van der Waals surface area contributed by atoms with E-state index in [0.29, 0.717) is 111 Å². The zero-order valence-corrected chi connectivity index (χ0v) is 52.4. The van der Waals surface area contributed by atoms with Gasteiger partial charge in [0.2, 0.25) is 0 Å². The van der Waals surface area contributed by atoms with E-state index < -0.39 is 18.7 Å². The zero-order valence-electron chi connectivity index (χ0n) is 51.5. The lowest BCUT2D eigenvalue weighted by Gasteiger charge is -2.14. The number of carbonyl (C=O) groups is 1. The van der Waals surface area contributed by atoms with Crippen molar-refractivity contribution < 1.29 is 75.1 Å². The van der Waals surface area contributed by atoms with E-state index >= 15 is 0 Å². The van der Waals surface area contributed by atoms with Crippen LogP contribution >= 0.6 is 7.68 Å². The number of nitro groups is 1. The van der Waals surface area contributed by atoms with Gasteiger partial charge in [-0.2, -0.15) is 4.20 Å². The maximum atomic E-state index is 13.4. The number of nitro benzene ring substituents is 1. The van der Waals surface area contributed by atoms with Gasteiger partial charge >= 0.3 is 13.8 Å². The van der Waals surface area contributed by atoms with E-state index in [-0.39, 0.29) is 57.0 Å². The van der Waals surface area contributed by atoms with Gasteiger partial charge in [-0.25, -0.2) is 4.79 Å². The van der Waals surface area contributed by atoms with Gasteiger partial charge in [0.05, 0.1) is 49.7 Å². The Morgan fingerprint density at radius 3 is 1.28 bits per heavy atom. The average molecular weight is 1200 g/mol. The molecule has 2 aromatic carbocycles. The van der Waals surface area contributed by atoms with Crippen LogP contribution in [0.2, 0.25) is 0 Å². The third-order valence-electron chi connectivity index (χ3n) is 13.3. The maximum Gasteiger partial charge on any atom is 0.407 e. The fourth-order valence-corrected chi connectivity index (χ4v) is 9.56. The molecule has 0 bridgehead atoms. The van der Waals surface area contributed by atoms with Crippen molar-refractivity contribution in [1.82, 2.24) is 5.32 Å². The van der Waals surface area contributed by atoms with Crippen molar-refractivity contribution in [2.24, 2.45) is 0 Å². The highest BCUT2D eigenvalue weighted by molar-refractivity contribution is 7.53. The lowest BCUT2D eigenvalue weighted by Crippen LogP contribution is -2.28. The molecule has 1 amide bonds. The summed E-state index contributed by atoms with van der Waals surface area (Å²) in [6, 6.07) is 10.3. The molecule has 18 nitrogen and oxygen atoms in total. The third kappa shape index (κ3) is 46.3. The number of amides is 1. The second-order valence-electron chi connectivity index (χ2n) is 20.9. The van der Waals surface area contributed by atoms with Gasteiger partial charge in [0, 0.05) is 98.0 Å². The van der Waals surface area contributed by atoms with Crippen LogP contribution in [-0.4, -0.2) is 136 Å². The molecule has 83 heavy (non-hydrogen) atoms. The second-order valence-corrected chi connectivity index (χ2v) is 22.7. The molecular formula is C63H110FN2O16P. The first-order valence-corrected chi connectivity index (χ1v) is 33.5. The van der Waals surface area contributed by atoms with Crippen LogP contribution in [0.15, 0.2) is 36.4 Å². The highest BCUT2D eigenvalue weighted by Gasteiger charge is 2.21. The number of hydrogen-bond donors (Lipinski definition) is 1. The van der Waals surface area contributed by atoms with Crippen LogP contribution < -0.4 is 19.5 Å². The molecule has 0 aliphatic rings. The molecule has 0 aromatic heterocycles. The van der Waals surface area contributed by atoms with Gasteiger partial charge in [-0.05, 0) is 88.1 Å². The largest absolute Gasteiger partial charge is 0.493 e. The molecule has 0 aliphatic carbocycles. The monoisotopic (exact) mass is 1200 g/mol. The molecule has 2 rings (SSSR count). The number of halogens is 1. The molecule has 0 fully saturated rings. The molecule has 20 heteroatoms. The zero-order chi connectivity index (χ0) is 59.8. The summed E-state index contributed by atoms with van der Waals surface area (Å²) in [6.07, 6.45) is 28.7. The van der Waals surface area contributed by atoms with Gasteiger partial charge < -0.3 is 61.9 Å². The third-order valence-corrected chi connectivity index (χ3v) is 14.6. The second kappa shape index (κ2) is 55.0. The Hall–Kier alpha value is -3.65. The lowest BCUT2D eigenvalue weighted by atomic mass is 10.1. The smallest absolute Gasteiger partial charge is 0.407 e. The first-order chi connectivity index (χ1) is 40.7. The van der Waals surface area contributed by atoms with E-state index in [2.05, 4.69) is 23.7 Å². The normalized spacial score (nSPS) is 12.1. The van der Waals surface area contributed by atoms with Gasteiger partial charge in [0.15, 0.2) is 0 Å². The molecule has 2 aromatic rings. The van der Waals surface area contributed by atoms with Crippen molar-refractivity contribution in [3.05, 3.63) is 57.6 Å². The average Bonchev–Trinajstić information content (AvgIpc) is 3.64. The molecule has 1 atom stereocenters. The number of alkyl carbamates (subject to hydrolysis) is 1. The summed E-state index contributed by atoms with van der Waals surface area (Å²) in [7, 11) is -4.02. The molecule has 0 saturated carbocycles. The number of carbonyl (C=O) groups excluding carboxylic acids is 1. The SMILES string of the molecule is CCCCCCCCCCCCOc1cc(COc2ccc([N+](=O)[O-])c(COC(=O)NCCOCCCOCCCOCCCOCCCOCCCOCCCOCCP(=O)(F)OCC)c2)cc(OCCCCCCCCCCCC)c1. The van der Waals surface area contributed by atoms with Crippen LogP contribution in [0.5, 0.6) is 17.2 Å². The van der Waals surface area contributed by atoms with E-state index in [1.54, 1.807) is 13.0 Å². The molecule has 0 saturated heterocycles. The Labute approximate surface area is 498 Å². The molecule has 0 radical (unpaired) electrons. The number of nitrogens with one attached hydrogen (secondary N) is 1. The highest BCUT2D eigenvalue weighted by atomic mass is 31.2. The van der Waals surface area contributed by atoms with Gasteiger partial charge in [-0.1, -0.05) is 129 Å². The van der Waals surface area contributed by atoms with Crippen molar-refractivity contribution in [3.8, 4) is 17.2 Å². The van der Waals surface area contributed by atoms with E-state index in [9.17, 15) is 23.7 Å². The Balaban J connectivity index is 1.56. The van der Waals surface area contributed by atoms with E-state index in [4.69, 9.17) is 52.1 Å². The standard InChI is InChI=1S/C63H110FN2O16P/c1-4-7-9-11-13-15-17-19-21-23-46-78-60-51-57(52-61(54-60)79-47-24-22-20-18-16-14-12-10-8-5-2)55-80-59-31-32-62(66(68)69)58(53-59)56-81-63(67)65-33-48-76-44-29-42-74-40-27-38-72-36-25-34-71-35-26-37-73-39-28-41-75-43-30-45-77-49-50-83(64,70)82-6-3/h31-32,51-54H,4-30,33-50,55-56H2,1-3H3,(H,65,67). The summed E-state index contributed by atoms with van der Waals surface area (Å²) in [6.45, 7) is 14.7. The van der Waals surface area contributed by atoms with Crippen LogP contribution in [0.25, 0.3) is 0 Å². The van der Waals surface area contributed by atoms with Crippen LogP contribution in [0.4, 0.5) is 14.7 Å². The number of hydrogen-bond acceptors (Lipinski definition) is 16. The first-order valence-electron chi connectivity index (χ1n) is 31.8. The summed E-state index contributed by atoms with van der Waals surface area (Å²) in [4.78, 5) is 24.0. The maximum absolute atomic E-state index is 13.4. The Morgan fingerprint density at radius 2 is 0.867 bits per heavy atom. The predicted octanol–water partition coefficient (Wildman–Crippen LogP) is 15.7. The molecule has 0 aliphatic heterocycles. The quantitative estimate of drug-likeness (QED) is 0.0283. The van der Waals surface area contributed by atoms with Crippen LogP contribution in [0.3, 0.4) is 0 Å². The van der Waals surface area contributed by atoms with Crippen LogP contribution in [0.1, 0.15) is 199 Å². The summed E-state index contributed by atoms with van der Waals surface area (Å²) in [5.41, 5.74) is 0.884. The number of ether oxygens (including phenoxy) is 11. The van der Waals surface area contributed by atoms with Gasteiger partial charge in [0.25, 0.3) is 5.69 Å². The van der Waals surface area contributed by atoms with Gasteiger partial charge in [-0.15, -0.1) is 0 Å². The van der Waals surface area contributed by atoms with E-state index in [1.807, 2.05) is 18.2 Å². The Bertz CT molecular complexity index is 1840. The van der Waals surface area contributed by atoms with Crippen molar-refractivity contribution in [2.75, 3.05) is 125 Å². The Morgan fingerprint density at radius 1 is 0.470 bits per heavy atom. The number of nitrogens with zero attached hydrogens (tertiary/aromatic N) is 1. The predicted molar refractivity (Wildman–Crippen MR) is 325 cm³/mol.